The molecule has 2 heterocycles. The maximum absolute atomic E-state index is 5.77. The lowest BCUT2D eigenvalue weighted by molar-refractivity contribution is 0.159. The summed E-state index contributed by atoms with van der Waals surface area (Å²) in [4.78, 5) is 0. The van der Waals surface area contributed by atoms with Crippen LogP contribution in [0, 0.1) is 11.8 Å². The first-order valence-electron chi connectivity index (χ1n) is 5.61. The van der Waals surface area contributed by atoms with Gasteiger partial charge in [-0.15, -0.1) is 0 Å². The zero-order valence-corrected chi connectivity index (χ0v) is 9.18. The number of anilines is 1. The minimum Gasteiger partial charge on any atom is -0.382 e. The molecule has 4 heteroatoms. The Hall–Kier alpha value is -1.03. The first-order chi connectivity index (χ1) is 7.18. The normalized spacial score (nSPS) is 33.4. The number of fused-ring (bicyclic) bond motifs is 1. The maximum Gasteiger partial charge on any atom is 0.145 e. The van der Waals surface area contributed by atoms with Crippen LogP contribution in [0.4, 0.5) is 5.82 Å². The second-order valence-corrected chi connectivity index (χ2v) is 4.92. The van der Waals surface area contributed by atoms with Crippen molar-refractivity contribution in [1.82, 2.24) is 9.78 Å². The van der Waals surface area contributed by atoms with E-state index in [-0.39, 0.29) is 0 Å². The zero-order chi connectivity index (χ0) is 10.6. The van der Waals surface area contributed by atoms with E-state index in [2.05, 4.69) is 23.6 Å². The van der Waals surface area contributed by atoms with Gasteiger partial charge in [-0.05, 0) is 25.7 Å². The largest absolute Gasteiger partial charge is 0.382 e. The lowest BCUT2D eigenvalue weighted by Gasteiger charge is -2.11. The van der Waals surface area contributed by atoms with E-state index in [0.717, 1.165) is 25.0 Å². The van der Waals surface area contributed by atoms with Crippen LogP contribution in [0.15, 0.2) is 6.07 Å². The van der Waals surface area contributed by atoms with Gasteiger partial charge in [-0.2, -0.15) is 5.10 Å². The van der Waals surface area contributed by atoms with Crippen LogP contribution >= 0.6 is 0 Å². The van der Waals surface area contributed by atoms with Crippen LogP contribution < -0.4 is 5.73 Å². The van der Waals surface area contributed by atoms with E-state index in [9.17, 15) is 0 Å². The van der Waals surface area contributed by atoms with E-state index in [1.54, 1.807) is 0 Å². The Morgan fingerprint density at radius 3 is 2.73 bits per heavy atom. The highest BCUT2D eigenvalue weighted by molar-refractivity contribution is 5.35. The molecule has 4 nitrogen and oxygen atoms in total. The monoisotopic (exact) mass is 207 g/mol. The van der Waals surface area contributed by atoms with E-state index in [1.165, 1.54) is 5.69 Å². The standard InChI is InChI=1S/C11H17N3O/c1-6(2)14-9(3-10(12)13-14)11-7-4-15-5-8(7)11/h3,6-8,11H,4-5H2,1-2H3,(H2,12,13)/t7-,8+,11+. The Morgan fingerprint density at radius 1 is 1.47 bits per heavy atom. The van der Waals surface area contributed by atoms with Gasteiger partial charge >= 0.3 is 0 Å². The molecular formula is C11H17N3O. The van der Waals surface area contributed by atoms with Crippen LogP contribution in [0.2, 0.25) is 0 Å². The van der Waals surface area contributed by atoms with Gasteiger partial charge in [0.25, 0.3) is 0 Å². The van der Waals surface area contributed by atoms with Gasteiger partial charge < -0.3 is 10.5 Å². The molecule has 1 aliphatic carbocycles. The number of hydrogen-bond donors (Lipinski definition) is 1. The van der Waals surface area contributed by atoms with E-state index < -0.39 is 0 Å². The summed E-state index contributed by atoms with van der Waals surface area (Å²) in [6, 6.07) is 2.42. The molecule has 1 saturated carbocycles. The first-order valence-corrected chi connectivity index (χ1v) is 5.61. The van der Waals surface area contributed by atoms with Crippen LogP contribution in [0.1, 0.15) is 31.5 Å². The smallest absolute Gasteiger partial charge is 0.145 e. The number of nitrogen functional groups attached to an aromatic ring is 1. The quantitative estimate of drug-likeness (QED) is 0.797. The minimum atomic E-state index is 0.388. The van der Waals surface area contributed by atoms with E-state index >= 15 is 0 Å². The van der Waals surface area contributed by atoms with Gasteiger partial charge in [-0.25, -0.2) is 0 Å². The third-order valence-electron chi connectivity index (χ3n) is 3.57. The summed E-state index contributed by atoms with van der Waals surface area (Å²) >= 11 is 0. The van der Waals surface area contributed by atoms with Crippen molar-refractivity contribution in [2.75, 3.05) is 18.9 Å². The molecule has 1 aromatic heterocycles. The number of aromatic nitrogens is 2. The molecule has 0 radical (unpaired) electrons. The highest BCUT2D eigenvalue weighted by Gasteiger charge is 2.56. The summed E-state index contributed by atoms with van der Waals surface area (Å²) in [6.07, 6.45) is 0. The van der Waals surface area contributed by atoms with Crippen molar-refractivity contribution in [3.05, 3.63) is 11.8 Å². The fourth-order valence-corrected chi connectivity index (χ4v) is 2.77. The Balaban J connectivity index is 1.91. The molecule has 0 aromatic carbocycles. The fourth-order valence-electron chi connectivity index (χ4n) is 2.77. The van der Waals surface area contributed by atoms with Gasteiger partial charge in [0.05, 0.1) is 13.2 Å². The van der Waals surface area contributed by atoms with Crippen molar-refractivity contribution in [1.29, 1.82) is 0 Å². The Labute approximate surface area is 89.4 Å². The van der Waals surface area contributed by atoms with E-state index in [1.807, 2.05) is 6.07 Å². The average Bonchev–Trinajstić information content (AvgIpc) is 2.62. The van der Waals surface area contributed by atoms with Gasteiger partial charge in [-0.1, -0.05) is 0 Å². The summed E-state index contributed by atoms with van der Waals surface area (Å²) in [7, 11) is 0. The molecule has 15 heavy (non-hydrogen) atoms. The van der Waals surface area contributed by atoms with Crippen molar-refractivity contribution < 1.29 is 4.74 Å². The highest BCUT2D eigenvalue weighted by atomic mass is 16.5. The van der Waals surface area contributed by atoms with Crippen LogP contribution in [0.5, 0.6) is 0 Å². The molecule has 1 aliphatic heterocycles. The molecule has 0 spiro atoms. The average molecular weight is 207 g/mol. The van der Waals surface area contributed by atoms with Crippen LogP contribution in [0.3, 0.4) is 0 Å². The number of ether oxygens (including phenoxy) is 1. The van der Waals surface area contributed by atoms with E-state index in [4.69, 9.17) is 10.5 Å². The summed E-state index contributed by atoms with van der Waals surface area (Å²) in [5.41, 5.74) is 7.08. The highest BCUT2D eigenvalue weighted by Crippen LogP contribution is 2.57. The molecule has 2 aliphatic rings. The molecule has 0 amide bonds. The van der Waals surface area contributed by atoms with E-state index in [0.29, 0.717) is 17.8 Å². The van der Waals surface area contributed by atoms with Gasteiger partial charge in [0, 0.05) is 23.7 Å². The van der Waals surface area contributed by atoms with Crippen molar-refractivity contribution >= 4 is 5.82 Å². The molecule has 0 unspecified atom stereocenters. The molecule has 2 N–H and O–H groups in total. The van der Waals surface area contributed by atoms with Crippen LogP contribution in [0.25, 0.3) is 0 Å². The van der Waals surface area contributed by atoms with Crippen molar-refractivity contribution in [2.45, 2.75) is 25.8 Å². The SMILES string of the molecule is CC(C)n1nc(N)cc1[C@H]1[C@@H]2COC[C@@H]21. The maximum atomic E-state index is 5.77. The lowest BCUT2D eigenvalue weighted by Crippen LogP contribution is -2.09. The molecule has 3 atom stereocenters. The van der Waals surface area contributed by atoms with Gasteiger partial charge in [0.1, 0.15) is 5.82 Å². The Kier molecular flexibility index (Phi) is 1.83. The van der Waals surface area contributed by atoms with Crippen molar-refractivity contribution in [3.63, 3.8) is 0 Å². The zero-order valence-electron chi connectivity index (χ0n) is 9.18. The summed E-state index contributed by atoms with van der Waals surface area (Å²) < 4.78 is 7.47. The summed E-state index contributed by atoms with van der Waals surface area (Å²) in [5, 5.41) is 4.35. The third-order valence-corrected chi connectivity index (χ3v) is 3.57. The van der Waals surface area contributed by atoms with Gasteiger partial charge in [-0.3, -0.25) is 4.68 Å². The second-order valence-electron chi connectivity index (χ2n) is 4.92. The number of hydrogen-bond acceptors (Lipinski definition) is 3. The minimum absolute atomic E-state index is 0.388. The van der Waals surface area contributed by atoms with Gasteiger partial charge in [0.2, 0.25) is 0 Å². The second kappa shape index (κ2) is 2.98. The Bertz CT molecular complexity index is 375. The van der Waals surface area contributed by atoms with Crippen LogP contribution in [-0.4, -0.2) is 23.0 Å². The Morgan fingerprint density at radius 2 is 2.13 bits per heavy atom. The third kappa shape index (κ3) is 1.28. The molecule has 3 rings (SSSR count). The predicted molar refractivity (Wildman–Crippen MR) is 57.6 cm³/mol. The number of nitrogens with zero attached hydrogens (tertiary/aromatic N) is 2. The lowest BCUT2D eigenvalue weighted by atomic mass is 10.2. The molecule has 0 bridgehead atoms. The molecule has 2 fully saturated rings. The predicted octanol–water partition coefficient (Wildman–Crippen LogP) is 1.41. The molecule has 1 aromatic rings. The molecule has 82 valence electrons. The van der Waals surface area contributed by atoms with Crippen molar-refractivity contribution in [3.8, 4) is 0 Å². The molecular weight excluding hydrogens is 190 g/mol. The number of rotatable bonds is 2. The summed E-state index contributed by atoms with van der Waals surface area (Å²) in [6.45, 7) is 6.12. The van der Waals surface area contributed by atoms with Crippen LogP contribution in [-0.2, 0) is 4.74 Å². The summed E-state index contributed by atoms with van der Waals surface area (Å²) in [5.74, 6) is 2.73. The fraction of sp³-hybridized carbons (Fsp3) is 0.727. The van der Waals surface area contributed by atoms with Gasteiger partial charge in [0.15, 0.2) is 0 Å². The van der Waals surface area contributed by atoms with Crippen molar-refractivity contribution in [2.24, 2.45) is 11.8 Å². The number of nitrogens with two attached hydrogens (primary N) is 1. The first kappa shape index (κ1) is 9.21. The molecule has 1 saturated heterocycles. The topological polar surface area (TPSA) is 53.1 Å².